The van der Waals surface area contributed by atoms with Gasteiger partial charge < -0.3 is 4.42 Å². The second-order valence-corrected chi connectivity index (χ2v) is 8.78. The summed E-state index contributed by atoms with van der Waals surface area (Å²) in [4.78, 5) is 30.4. The molecule has 0 radical (unpaired) electrons. The zero-order valence-electron chi connectivity index (χ0n) is 17.0. The molecule has 0 bridgehead atoms. The number of hydrogen-bond donors (Lipinski definition) is 0. The smallest absolute Gasteiger partial charge is 0.277 e. The van der Waals surface area contributed by atoms with Crippen LogP contribution in [0.15, 0.2) is 80.7 Å². The van der Waals surface area contributed by atoms with Crippen LogP contribution in [0.2, 0.25) is 5.02 Å². The lowest BCUT2D eigenvalue weighted by molar-refractivity contribution is 0.571. The van der Waals surface area contributed by atoms with E-state index in [4.69, 9.17) is 16.0 Å². The van der Waals surface area contributed by atoms with E-state index in [1.165, 1.54) is 15.7 Å². The molecule has 0 N–H and O–H groups in total. The van der Waals surface area contributed by atoms with E-state index >= 15 is 0 Å². The molecule has 0 aliphatic carbocycles. The number of fused-ring (bicyclic) bond motifs is 1. The number of aryl methyl sites for hydroxylation is 1. The van der Waals surface area contributed by atoms with Crippen molar-refractivity contribution >= 4 is 34.0 Å². The molecule has 0 aliphatic rings. The highest BCUT2D eigenvalue weighted by atomic mass is 35.5. The van der Waals surface area contributed by atoms with Gasteiger partial charge in [0.05, 0.1) is 5.02 Å². The number of halogens is 1. The lowest BCUT2D eigenvalue weighted by atomic mass is 10.1. The summed E-state index contributed by atoms with van der Waals surface area (Å²) in [6, 6.07) is 20.7. The fourth-order valence-electron chi connectivity index (χ4n) is 3.66. The molecular formula is C25H17ClN2O3S. The van der Waals surface area contributed by atoms with E-state index in [2.05, 4.69) is 4.98 Å². The Morgan fingerprint density at radius 1 is 1.03 bits per heavy atom. The molecule has 0 spiro atoms. The molecule has 5 nitrogen and oxygen atoms in total. The largest absolute Gasteiger partial charge is 0.457 e. The average Bonchev–Trinajstić information content (AvgIpc) is 3.37. The summed E-state index contributed by atoms with van der Waals surface area (Å²) >= 11 is 7.42. The van der Waals surface area contributed by atoms with Crippen molar-refractivity contribution in [3.05, 3.63) is 120 Å². The zero-order valence-corrected chi connectivity index (χ0v) is 18.6. The molecule has 158 valence electrons. The second-order valence-electron chi connectivity index (χ2n) is 7.36. The van der Waals surface area contributed by atoms with E-state index in [-0.39, 0.29) is 11.1 Å². The summed E-state index contributed by atoms with van der Waals surface area (Å²) in [6.07, 6.45) is 2.10. The summed E-state index contributed by atoms with van der Waals surface area (Å²) < 4.78 is 7.85. The third kappa shape index (κ3) is 3.68. The molecule has 0 fully saturated rings. The van der Waals surface area contributed by atoms with Crippen LogP contribution in [0, 0.1) is 6.92 Å². The van der Waals surface area contributed by atoms with Crippen LogP contribution in [0.1, 0.15) is 22.6 Å². The molecule has 3 aromatic heterocycles. The predicted octanol–water partition coefficient (Wildman–Crippen LogP) is 4.48. The standard InChI is InChI=1S/C25H17ClN2O3S/c1-15-19(13-16-7-3-2-4-8-16)23(29)27-25-28(15)24(30)22(32-25)14-17-11-12-21(31-17)18-9-5-6-10-20(18)26/h2-12,14H,13H2,1H3/b22-14-. The molecule has 0 aliphatic heterocycles. The van der Waals surface area contributed by atoms with Gasteiger partial charge in [-0.15, -0.1) is 0 Å². The molecule has 7 heteroatoms. The predicted molar refractivity (Wildman–Crippen MR) is 128 cm³/mol. The van der Waals surface area contributed by atoms with Crippen molar-refractivity contribution in [1.82, 2.24) is 9.38 Å². The van der Waals surface area contributed by atoms with Crippen molar-refractivity contribution in [1.29, 1.82) is 0 Å². The van der Waals surface area contributed by atoms with Gasteiger partial charge in [-0.05, 0) is 36.8 Å². The first-order valence-corrected chi connectivity index (χ1v) is 11.2. The highest BCUT2D eigenvalue weighted by molar-refractivity contribution is 7.15. The van der Waals surface area contributed by atoms with E-state index in [1.807, 2.05) is 54.6 Å². The van der Waals surface area contributed by atoms with Gasteiger partial charge in [-0.25, -0.2) is 0 Å². The first-order chi connectivity index (χ1) is 15.5. The molecule has 32 heavy (non-hydrogen) atoms. The Morgan fingerprint density at radius 3 is 2.56 bits per heavy atom. The lowest BCUT2D eigenvalue weighted by Gasteiger charge is -2.06. The van der Waals surface area contributed by atoms with Gasteiger partial charge in [0.1, 0.15) is 16.1 Å². The van der Waals surface area contributed by atoms with Crippen molar-refractivity contribution in [3.63, 3.8) is 0 Å². The van der Waals surface area contributed by atoms with E-state index in [0.29, 0.717) is 43.7 Å². The third-order valence-corrected chi connectivity index (χ3v) is 6.60. The first kappa shape index (κ1) is 20.4. The van der Waals surface area contributed by atoms with Crippen molar-refractivity contribution < 1.29 is 4.42 Å². The van der Waals surface area contributed by atoms with Gasteiger partial charge >= 0.3 is 0 Å². The normalized spacial score (nSPS) is 12.0. The number of nitrogens with zero attached hydrogens (tertiary/aromatic N) is 2. The Hall–Kier alpha value is -3.48. The fraction of sp³-hybridized carbons (Fsp3) is 0.0800. The summed E-state index contributed by atoms with van der Waals surface area (Å²) in [5.74, 6) is 1.14. The van der Waals surface area contributed by atoms with Crippen LogP contribution in [0.25, 0.3) is 22.4 Å². The third-order valence-electron chi connectivity index (χ3n) is 5.30. The number of benzene rings is 2. The Kier molecular flexibility index (Phi) is 5.25. The molecular weight excluding hydrogens is 444 g/mol. The molecule has 2 aromatic carbocycles. The Labute approximate surface area is 191 Å². The SMILES string of the molecule is Cc1c(Cc2ccccc2)c(=O)nc2s/c(=C\c3ccc(-c4ccccc4Cl)o3)c(=O)n12. The molecule has 5 rings (SSSR count). The number of aromatic nitrogens is 2. The maximum atomic E-state index is 13.1. The van der Waals surface area contributed by atoms with Crippen LogP contribution in [-0.4, -0.2) is 9.38 Å². The highest BCUT2D eigenvalue weighted by Gasteiger charge is 2.15. The van der Waals surface area contributed by atoms with E-state index in [0.717, 1.165) is 11.1 Å². The lowest BCUT2D eigenvalue weighted by Crippen LogP contribution is -2.27. The first-order valence-electron chi connectivity index (χ1n) is 9.96. The van der Waals surface area contributed by atoms with Crippen LogP contribution in [0.4, 0.5) is 0 Å². The monoisotopic (exact) mass is 460 g/mol. The van der Waals surface area contributed by atoms with E-state index in [9.17, 15) is 9.59 Å². The Balaban J connectivity index is 1.59. The van der Waals surface area contributed by atoms with Gasteiger partial charge in [-0.1, -0.05) is 65.4 Å². The van der Waals surface area contributed by atoms with Gasteiger partial charge in [-0.2, -0.15) is 4.98 Å². The van der Waals surface area contributed by atoms with Crippen LogP contribution >= 0.6 is 22.9 Å². The van der Waals surface area contributed by atoms with Crippen LogP contribution in [-0.2, 0) is 6.42 Å². The van der Waals surface area contributed by atoms with Crippen molar-refractivity contribution in [2.75, 3.05) is 0 Å². The molecule has 0 amide bonds. The van der Waals surface area contributed by atoms with Crippen molar-refractivity contribution in [3.8, 4) is 11.3 Å². The minimum Gasteiger partial charge on any atom is -0.457 e. The number of hydrogen-bond acceptors (Lipinski definition) is 5. The van der Waals surface area contributed by atoms with Crippen LogP contribution in [0.5, 0.6) is 0 Å². The van der Waals surface area contributed by atoms with Gasteiger partial charge in [0.2, 0.25) is 4.96 Å². The van der Waals surface area contributed by atoms with E-state index < -0.39 is 0 Å². The van der Waals surface area contributed by atoms with Crippen LogP contribution in [0.3, 0.4) is 0 Å². The van der Waals surface area contributed by atoms with Crippen LogP contribution < -0.4 is 15.7 Å². The quantitative estimate of drug-likeness (QED) is 0.397. The highest BCUT2D eigenvalue weighted by Crippen LogP contribution is 2.29. The molecule has 0 atom stereocenters. The average molecular weight is 461 g/mol. The molecule has 0 saturated carbocycles. The van der Waals surface area contributed by atoms with Gasteiger partial charge in [0.25, 0.3) is 11.1 Å². The summed E-state index contributed by atoms with van der Waals surface area (Å²) in [5, 5.41) is 0.587. The van der Waals surface area contributed by atoms with Crippen molar-refractivity contribution in [2.24, 2.45) is 0 Å². The summed E-state index contributed by atoms with van der Waals surface area (Å²) in [6.45, 7) is 1.79. The fourth-order valence-corrected chi connectivity index (χ4v) is 4.88. The van der Waals surface area contributed by atoms with E-state index in [1.54, 1.807) is 25.1 Å². The summed E-state index contributed by atoms with van der Waals surface area (Å²) in [7, 11) is 0. The number of thiazole rings is 1. The molecule has 0 saturated heterocycles. The van der Waals surface area contributed by atoms with Crippen molar-refractivity contribution in [2.45, 2.75) is 13.3 Å². The number of furan rings is 1. The number of rotatable bonds is 4. The van der Waals surface area contributed by atoms with Gasteiger partial charge in [0.15, 0.2) is 0 Å². The maximum absolute atomic E-state index is 13.1. The minimum absolute atomic E-state index is 0.222. The topological polar surface area (TPSA) is 64.6 Å². The molecule has 0 unspecified atom stereocenters. The maximum Gasteiger partial charge on any atom is 0.277 e. The minimum atomic E-state index is -0.307. The second kappa shape index (κ2) is 8.22. The summed E-state index contributed by atoms with van der Waals surface area (Å²) in [5.41, 5.74) is 2.38. The molecule has 5 aromatic rings. The van der Waals surface area contributed by atoms with Gasteiger partial charge in [-0.3, -0.25) is 14.0 Å². The Morgan fingerprint density at radius 2 is 1.78 bits per heavy atom. The Bertz CT molecular complexity index is 1620. The van der Waals surface area contributed by atoms with Gasteiger partial charge in [0, 0.05) is 29.3 Å². The molecule has 3 heterocycles. The zero-order chi connectivity index (χ0) is 22.2.